The Bertz CT molecular complexity index is 364. The first-order valence-electron chi connectivity index (χ1n) is 5.10. The van der Waals surface area contributed by atoms with Crippen LogP contribution in [0.15, 0.2) is 28.0 Å². The van der Waals surface area contributed by atoms with Crippen molar-refractivity contribution in [1.82, 2.24) is 0 Å². The predicted molar refractivity (Wildman–Crippen MR) is 70.6 cm³/mol. The molecule has 0 aromatic heterocycles. The lowest BCUT2D eigenvalue weighted by Gasteiger charge is -2.07. The molecule has 0 aliphatic rings. The summed E-state index contributed by atoms with van der Waals surface area (Å²) in [7, 11) is 0. The first-order chi connectivity index (χ1) is 7.67. The Hall–Kier alpha value is -0.610. The lowest BCUT2D eigenvalue weighted by molar-refractivity contribution is -0.137. The van der Waals surface area contributed by atoms with Crippen LogP contribution >= 0.6 is 23.5 Å². The number of thioether (sulfide) groups is 2. The second kappa shape index (κ2) is 6.86. The summed E-state index contributed by atoms with van der Waals surface area (Å²) in [5, 5.41) is 8.57. The van der Waals surface area contributed by atoms with Gasteiger partial charge in [0.2, 0.25) is 0 Å². The number of hydrogen-bond donors (Lipinski definition) is 1. The zero-order valence-corrected chi connectivity index (χ0v) is 11.2. The highest BCUT2D eigenvalue weighted by Crippen LogP contribution is 2.29. The average Bonchev–Trinajstić information content (AvgIpc) is 2.28. The molecule has 0 bridgehead atoms. The number of benzene rings is 1. The Morgan fingerprint density at radius 1 is 1.25 bits per heavy atom. The fraction of sp³-hybridized carbons (Fsp3) is 0.417. The summed E-state index contributed by atoms with van der Waals surface area (Å²) in [6.07, 6.45) is 5.93. The van der Waals surface area contributed by atoms with Crippen molar-refractivity contribution in [2.45, 2.75) is 29.1 Å². The van der Waals surface area contributed by atoms with Crippen LogP contribution in [0.1, 0.15) is 18.4 Å². The van der Waals surface area contributed by atoms with Gasteiger partial charge in [-0.25, -0.2) is 0 Å². The molecule has 0 saturated heterocycles. The minimum atomic E-state index is -0.717. The van der Waals surface area contributed by atoms with Gasteiger partial charge in [-0.2, -0.15) is 0 Å². The van der Waals surface area contributed by atoms with E-state index in [0.717, 1.165) is 6.42 Å². The maximum absolute atomic E-state index is 10.4. The average molecular weight is 256 g/mol. The third-order valence-corrected chi connectivity index (χ3v) is 4.01. The Balaban J connectivity index is 2.64. The lowest BCUT2D eigenvalue weighted by atomic mass is 10.1. The van der Waals surface area contributed by atoms with Gasteiger partial charge in [0.05, 0.1) is 0 Å². The van der Waals surface area contributed by atoms with E-state index >= 15 is 0 Å². The van der Waals surface area contributed by atoms with Gasteiger partial charge in [0.15, 0.2) is 0 Å². The van der Waals surface area contributed by atoms with Crippen molar-refractivity contribution in [2.75, 3.05) is 12.5 Å². The molecule has 0 saturated carbocycles. The Morgan fingerprint density at radius 3 is 2.50 bits per heavy atom. The molecule has 0 heterocycles. The smallest absolute Gasteiger partial charge is 0.303 e. The van der Waals surface area contributed by atoms with Crippen molar-refractivity contribution in [3.05, 3.63) is 23.8 Å². The van der Waals surface area contributed by atoms with Gasteiger partial charge >= 0.3 is 5.97 Å². The summed E-state index contributed by atoms with van der Waals surface area (Å²) in [6, 6.07) is 6.37. The molecule has 0 aliphatic carbocycles. The Morgan fingerprint density at radius 2 is 1.94 bits per heavy atom. The van der Waals surface area contributed by atoms with Crippen molar-refractivity contribution >= 4 is 29.5 Å². The normalized spacial score (nSPS) is 10.4. The molecule has 1 aromatic rings. The highest BCUT2D eigenvalue weighted by atomic mass is 32.2. The molecule has 0 amide bonds. The molecule has 0 aliphatic heterocycles. The van der Waals surface area contributed by atoms with E-state index in [9.17, 15) is 4.79 Å². The number of carbonyl (C=O) groups is 1. The standard InChI is InChI=1S/C12H16O2S2/c1-15-10-7-6-9(8-11(10)16-2)4-3-5-12(13)14/h6-8H,3-5H2,1-2H3,(H,13,14). The Kier molecular flexibility index (Phi) is 5.77. The van der Waals surface area contributed by atoms with Crippen molar-refractivity contribution in [2.24, 2.45) is 0 Å². The van der Waals surface area contributed by atoms with E-state index < -0.39 is 5.97 Å². The van der Waals surface area contributed by atoms with Gasteiger partial charge in [-0.05, 0) is 43.0 Å². The molecule has 0 spiro atoms. The van der Waals surface area contributed by atoms with Crippen LogP contribution in [-0.2, 0) is 11.2 Å². The van der Waals surface area contributed by atoms with E-state index in [-0.39, 0.29) is 6.42 Å². The van der Waals surface area contributed by atoms with Gasteiger partial charge in [0.25, 0.3) is 0 Å². The van der Waals surface area contributed by atoms with Gasteiger partial charge in [-0.1, -0.05) is 6.07 Å². The number of aryl methyl sites for hydroxylation is 1. The van der Waals surface area contributed by atoms with Crippen LogP contribution in [0, 0.1) is 0 Å². The molecule has 0 atom stereocenters. The highest BCUT2D eigenvalue weighted by Gasteiger charge is 2.03. The molecular formula is C12H16O2S2. The summed E-state index contributed by atoms with van der Waals surface area (Å²) < 4.78 is 0. The maximum atomic E-state index is 10.4. The van der Waals surface area contributed by atoms with Gasteiger partial charge in [-0.15, -0.1) is 23.5 Å². The predicted octanol–water partition coefficient (Wildman–Crippen LogP) is 3.54. The molecule has 4 heteroatoms. The molecule has 1 rings (SSSR count). The monoisotopic (exact) mass is 256 g/mol. The molecule has 1 aromatic carbocycles. The van der Waals surface area contributed by atoms with E-state index in [4.69, 9.17) is 5.11 Å². The minimum absolute atomic E-state index is 0.249. The summed E-state index contributed by atoms with van der Waals surface area (Å²) in [4.78, 5) is 13.0. The van der Waals surface area contributed by atoms with E-state index in [0.29, 0.717) is 6.42 Å². The van der Waals surface area contributed by atoms with Crippen molar-refractivity contribution in [1.29, 1.82) is 0 Å². The molecular weight excluding hydrogens is 240 g/mol. The van der Waals surface area contributed by atoms with Gasteiger partial charge in [0.1, 0.15) is 0 Å². The number of aliphatic carboxylic acids is 1. The number of carboxylic acid groups (broad SMARTS) is 1. The fourth-order valence-corrected chi connectivity index (χ4v) is 2.98. The topological polar surface area (TPSA) is 37.3 Å². The van der Waals surface area contributed by atoms with Gasteiger partial charge in [0, 0.05) is 16.2 Å². The minimum Gasteiger partial charge on any atom is -0.481 e. The third kappa shape index (κ3) is 4.10. The summed E-state index contributed by atoms with van der Waals surface area (Å²) >= 11 is 3.48. The lowest BCUT2D eigenvalue weighted by Crippen LogP contribution is -1.96. The van der Waals surface area contributed by atoms with Crippen molar-refractivity contribution < 1.29 is 9.90 Å². The third-order valence-electron chi connectivity index (χ3n) is 2.30. The second-order valence-corrected chi connectivity index (χ2v) is 5.13. The zero-order valence-electron chi connectivity index (χ0n) is 9.53. The SMILES string of the molecule is CSc1ccc(CCCC(=O)O)cc1SC. The van der Waals surface area contributed by atoms with Gasteiger partial charge in [-0.3, -0.25) is 4.79 Å². The summed E-state index contributed by atoms with van der Waals surface area (Å²) in [5.41, 5.74) is 1.23. The Labute approximate surface area is 105 Å². The van der Waals surface area contributed by atoms with Crippen LogP contribution in [0.4, 0.5) is 0 Å². The molecule has 2 nitrogen and oxygen atoms in total. The van der Waals surface area contributed by atoms with E-state index in [1.54, 1.807) is 23.5 Å². The van der Waals surface area contributed by atoms with E-state index in [1.165, 1.54) is 15.4 Å². The maximum Gasteiger partial charge on any atom is 0.303 e. The van der Waals surface area contributed by atoms with E-state index in [1.807, 2.05) is 0 Å². The molecule has 0 fully saturated rings. The summed E-state index contributed by atoms with van der Waals surface area (Å²) in [5.74, 6) is -0.717. The number of carboxylic acids is 1. The fourth-order valence-electron chi connectivity index (χ4n) is 1.48. The van der Waals surface area contributed by atoms with E-state index in [2.05, 4.69) is 30.7 Å². The van der Waals surface area contributed by atoms with Crippen LogP contribution in [0.5, 0.6) is 0 Å². The molecule has 0 unspecified atom stereocenters. The first kappa shape index (κ1) is 13.5. The van der Waals surface area contributed by atoms with Crippen molar-refractivity contribution in [3.63, 3.8) is 0 Å². The molecule has 0 radical (unpaired) electrons. The van der Waals surface area contributed by atoms with Crippen LogP contribution in [0.3, 0.4) is 0 Å². The zero-order chi connectivity index (χ0) is 12.0. The molecule has 88 valence electrons. The molecule has 16 heavy (non-hydrogen) atoms. The van der Waals surface area contributed by atoms with Crippen molar-refractivity contribution in [3.8, 4) is 0 Å². The summed E-state index contributed by atoms with van der Waals surface area (Å²) in [6.45, 7) is 0. The second-order valence-electron chi connectivity index (χ2n) is 3.44. The van der Waals surface area contributed by atoms with Gasteiger partial charge < -0.3 is 5.11 Å². The number of rotatable bonds is 6. The van der Waals surface area contributed by atoms with Crippen LogP contribution in [0.2, 0.25) is 0 Å². The number of hydrogen-bond acceptors (Lipinski definition) is 3. The highest BCUT2D eigenvalue weighted by molar-refractivity contribution is 8.01. The molecule has 1 N–H and O–H groups in total. The van der Waals surface area contributed by atoms with Crippen LogP contribution in [-0.4, -0.2) is 23.6 Å². The van der Waals surface area contributed by atoms with Crippen LogP contribution < -0.4 is 0 Å². The van der Waals surface area contributed by atoms with Crippen LogP contribution in [0.25, 0.3) is 0 Å². The quantitative estimate of drug-likeness (QED) is 0.790. The first-order valence-corrected chi connectivity index (χ1v) is 7.55. The largest absolute Gasteiger partial charge is 0.481 e.